The Labute approximate surface area is 222 Å². The Hall–Kier alpha value is -4.79. The molecule has 0 aliphatic rings. The van der Waals surface area contributed by atoms with E-state index in [0.29, 0.717) is 11.3 Å². The molecule has 0 aliphatic heterocycles. The first-order valence-electron chi connectivity index (χ1n) is 11.9. The summed E-state index contributed by atoms with van der Waals surface area (Å²) in [4.78, 5) is 79.3. The van der Waals surface area contributed by atoms with E-state index in [1.807, 2.05) is 5.32 Å². The number of carbonyl (C=O) groups is 6. The Kier molecular flexibility index (Phi) is 11.6. The largest absolute Gasteiger partial charge is 0.481 e. The van der Waals surface area contributed by atoms with Gasteiger partial charge in [-0.15, -0.1) is 0 Å². The van der Waals surface area contributed by atoms with Crippen LogP contribution in [-0.2, 0) is 41.6 Å². The first-order chi connectivity index (χ1) is 18.5. The third kappa shape index (κ3) is 10.6. The SMILES string of the molecule is NC(=O)CCC(NC(=O)C(Cc1ccccc1)NC(=O)C(N)Cc1cnc[nH]1)C(=O)NC(CC(=O)O)C(=O)O. The number of primary amides is 1. The molecule has 1 heterocycles. The number of benzene rings is 1. The second kappa shape index (κ2) is 14.8. The highest BCUT2D eigenvalue weighted by atomic mass is 16.4. The number of aromatic nitrogens is 2. The zero-order valence-corrected chi connectivity index (χ0v) is 20.8. The first-order valence-corrected chi connectivity index (χ1v) is 11.9. The molecular weight excluding hydrogens is 514 g/mol. The van der Waals surface area contributed by atoms with E-state index < -0.39 is 66.2 Å². The van der Waals surface area contributed by atoms with Crippen molar-refractivity contribution in [3.63, 3.8) is 0 Å². The van der Waals surface area contributed by atoms with Crippen molar-refractivity contribution < 1.29 is 39.0 Å². The van der Waals surface area contributed by atoms with Gasteiger partial charge in [-0.05, 0) is 12.0 Å². The summed E-state index contributed by atoms with van der Waals surface area (Å²) in [6.07, 6.45) is 1.47. The number of aromatic amines is 1. The van der Waals surface area contributed by atoms with Crippen molar-refractivity contribution in [2.45, 2.75) is 56.3 Å². The van der Waals surface area contributed by atoms with Gasteiger partial charge in [0.1, 0.15) is 18.1 Å². The minimum Gasteiger partial charge on any atom is -0.481 e. The normalized spacial score (nSPS) is 13.8. The summed E-state index contributed by atoms with van der Waals surface area (Å²) in [6.45, 7) is 0. The summed E-state index contributed by atoms with van der Waals surface area (Å²) in [5, 5.41) is 25.2. The molecule has 10 N–H and O–H groups in total. The van der Waals surface area contributed by atoms with E-state index in [9.17, 15) is 33.9 Å². The van der Waals surface area contributed by atoms with Gasteiger partial charge in [0, 0.05) is 31.2 Å². The number of imidazole rings is 1. The molecule has 4 atom stereocenters. The summed E-state index contributed by atoms with van der Waals surface area (Å²) in [5.74, 6) is -6.40. The molecule has 4 amide bonds. The molecule has 0 aliphatic carbocycles. The zero-order chi connectivity index (χ0) is 28.9. The van der Waals surface area contributed by atoms with Gasteiger partial charge >= 0.3 is 11.9 Å². The standard InChI is InChI=1S/C24H31N7O8/c25-15(9-14-11-27-12-28-14)21(35)30-17(8-13-4-2-1-3-5-13)23(37)29-16(6-7-19(26)32)22(36)31-18(24(38)39)10-20(33)34/h1-5,11-12,15-18H,6-10,25H2,(H2,26,32)(H,27,28)(H,29,37)(H,30,35)(H,31,36)(H,33,34)(H,38,39). The number of nitrogens with one attached hydrogen (secondary N) is 4. The van der Waals surface area contributed by atoms with Gasteiger partial charge in [0.25, 0.3) is 0 Å². The van der Waals surface area contributed by atoms with Crippen LogP contribution in [0.4, 0.5) is 0 Å². The topological polar surface area (TPSA) is 260 Å². The van der Waals surface area contributed by atoms with Crippen LogP contribution < -0.4 is 27.4 Å². The predicted octanol–water partition coefficient (Wildman–Crippen LogP) is -2.20. The molecule has 210 valence electrons. The van der Waals surface area contributed by atoms with Crippen LogP contribution in [0, 0.1) is 0 Å². The number of aliphatic carboxylic acids is 2. The third-order valence-electron chi connectivity index (χ3n) is 5.55. The Morgan fingerprint density at radius 2 is 1.49 bits per heavy atom. The van der Waals surface area contributed by atoms with Crippen molar-refractivity contribution in [3.8, 4) is 0 Å². The molecular formula is C24H31N7O8. The fourth-order valence-electron chi connectivity index (χ4n) is 3.54. The van der Waals surface area contributed by atoms with Crippen molar-refractivity contribution in [2.24, 2.45) is 11.5 Å². The van der Waals surface area contributed by atoms with E-state index in [4.69, 9.17) is 16.6 Å². The Morgan fingerprint density at radius 3 is 2.05 bits per heavy atom. The summed E-state index contributed by atoms with van der Waals surface area (Å²) >= 11 is 0. The Balaban J connectivity index is 2.22. The lowest BCUT2D eigenvalue weighted by molar-refractivity contribution is -0.147. The Bertz CT molecular complexity index is 1160. The van der Waals surface area contributed by atoms with Crippen LogP contribution >= 0.6 is 0 Å². The van der Waals surface area contributed by atoms with Gasteiger partial charge in [0.05, 0.1) is 18.8 Å². The van der Waals surface area contributed by atoms with E-state index in [-0.39, 0.29) is 25.7 Å². The van der Waals surface area contributed by atoms with E-state index >= 15 is 0 Å². The summed E-state index contributed by atoms with van der Waals surface area (Å²) < 4.78 is 0. The number of nitrogens with zero attached hydrogens (tertiary/aromatic N) is 1. The molecule has 15 nitrogen and oxygen atoms in total. The predicted molar refractivity (Wildman–Crippen MR) is 135 cm³/mol. The maximum Gasteiger partial charge on any atom is 0.326 e. The van der Waals surface area contributed by atoms with E-state index in [0.717, 1.165) is 0 Å². The lowest BCUT2D eigenvalue weighted by Crippen LogP contribution is -2.58. The van der Waals surface area contributed by atoms with Crippen LogP contribution in [0.2, 0.25) is 0 Å². The van der Waals surface area contributed by atoms with Gasteiger partial charge in [-0.25, -0.2) is 9.78 Å². The number of carboxylic acids is 2. The monoisotopic (exact) mass is 545 g/mol. The average Bonchev–Trinajstić information content (AvgIpc) is 3.38. The maximum atomic E-state index is 13.3. The molecule has 0 saturated heterocycles. The molecule has 1 aromatic carbocycles. The highest BCUT2D eigenvalue weighted by Gasteiger charge is 2.31. The van der Waals surface area contributed by atoms with E-state index in [1.54, 1.807) is 30.3 Å². The molecule has 0 bridgehead atoms. The van der Waals surface area contributed by atoms with Crippen molar-refractivity contribution in [2.75, 3.05) is 0 Å². The van der Waals surface area contributed by atoms with Crippen LogP contribution in [0.1, 0.15) is 30.5 Å². The molecule has 0 saturated carbocycles. The number of H-pyrrole nitrogens is 1. The summed E-state index contributed by atoms with van der Waals surface area (Å²) in [6, 6.07) is 3.15. The lowest BCUT2D eigenvalue weighted by Gasteiger charge is -2.25. The number of hydrogen-bond donors (Lipinski definition) is 8. The number of rotatable bonds is 16. The van der Waals surface area contributed by atoms with Crippen molar-refractivity contribution in [3.05, 3.63) is 54.1 Å². The van der Waals surface area contributed by atoms with Gasteiger partial charge in [0.15, 0.2) is 0 Å². The average molecular weight is 546 g/mol. The van der Waals surface area contributed by atoms with Gasteiger partial charge in [0.2, 0.25) is 23.6 Å². The number of amides is 4. The number of nitrogens with two attached hydrogens (primary N) is 2. The minimum absolute atomic E-state index is 0.0100. The molecule has 39 heavy (non-hydrogen) atoms. The highest BCUT2D eigenvalue weighted by Crippen LogP contribution is 2.07. The van der Waals surface area contributed by atoms with Crippen molar-refractivity contribution in [1.82, 2.24) is 25.9 Å². The molecule has 2 aromatic rings. The molecule has 2 rings (SSSR count). The van der Waals surface area contributed by atoms with Crippen molar-refractivity contribution in [1.29, 1.82) is 0 Å². The fraction of sp³-hybridized carbons (Fsp3) is 0.375. The highest BCUT2D eigenvalue weighted by molar-refractivity contribution is 5.95. The second-order valence-corrected chi connectivity index (χ2v) is 8.70. The van der Waals surface area contributed by atoms with Gasteiger partial charge in [-0.2, -0.15) is 0 Å². The van der Waals surface area contributed by atoms with Crippen LogP contribution in [0.3, 0.4) is 0 Å². The molecule has 1 aromatic heterocycles. The lowest BCUT2D eigenvalue weighted by atomic mass is 10.0. The zero-order valence-electron chi connectivity index (χ0n) is 20.8. The molecule has 0 spiro atoms. The molecule has 0 radical (unpaired) electrons. The maximum absolute atomic E-state index is 13.3. The third-order valence-corrected chi connectivity index (χ3v) is 5.55. The van der Waals surface area contributed by atoms with Gasteiger partial charge < -0.3 is 42.6 Å². The molecule has 15 heteroatoms. The van der Waals surface area contributed by atoms with E-state index in [1.165, 1.54) is 12.5 Å². The van der Waals surface area contributed by atoms with Crippen LogP contribution in [0.15, 0.2) is 42.9 Å². The van der Waals surface area contributed by atoms with Crippen LogP contribution in [0.25, 0.3) is 0 Å². The van der Waals surface area contributed by atoms with Crippen molar-refractivity contribution >= 4 is 35.6 Å². The second-order valence-electron chi connectivity index (χ2n) is 8.70. The first kappa shape index (κ1) is 30.4. The fourth-order valence-corrected chi connectivity index (χ4v) is 3.54. The quantitative estimate of drug-likeness (QED) is 0.113. The number of carbonyl (C=O) groups excluding carboxylic acids is 4. The minimum atomic E-state index is -1.79. The number of carboxylic acid groups (broad SMARTS) is 2. The summed E-state index contributed by atoms with van der Waals surface area (Å²) in [7, 11) is 0. The van der Waals surface area contributed by atoms with Crippen LogP contribution in [-0.4, -0.2) is 79.9 Å². The molecule has 0 fully saturated rings. The molecule has 4 unspecified atom stereocenters. The van der Waals surface area contributed by atoms with Gasteiger partial charge in [-0.1, -0.05) is 30.3 Å². The van der Waals surface area contributed by atoms with Gasteiger partial charge in [-0.3, -0.25) is 24.0 Å². The van der Waals surface area contributed by atoms with Crippen LogP contribution in [0.5, 0.6) is 0 Å². The summed E-state index contributed by atoms with van der Waals surface area (Å²) in [5.41, 5.74) is 12.4. The van der Waals surface area contributed by atoms with E-state index in [2.05, 4.69) is 20.6 Å². The number of hydrogen-bond acceptors (Lipinski definition) is 8. The smallest absolute Gasteiger partial charge is 0.326 e. The Morgan fingerprint density at radius 1 is 0.872 bits per heavy atom.